The Morgan fingerprint density at radius 3 is 2.64 bits per heavy atom. The Bertz CT molecular complexity index is 983. The Morgan fingerprint density at radius 2 is 1.88 bits per heavy atom. The fraction of sp³-hybridized carbons (Fsp3) is 0.111. The van der Waals surface area contributed by atoms with E-state index in [-0.39, 0.29) is 29.4 Å². The first-order valence-electron chi connectivity index (χ1n) is 7.61. The van der Waals surface area contributed by atoms with E-state index in [2.05, 4.69) is 10.3 Å². The third-order valence-corrected chi connectivity index (χ3v) is 4.22. The second-order valence-electron chi connectivity index (χ2n) is 5.77. The van der Waals surface area contributed by atoms with E-state index in [1.165, 1.54) is 23.0 Å². The van der Waals surface area contributed by atoms with Gasteiger partial charge in [0.25, 0.3) is 0 Å². The highest BCUT2D eigenvalue weighted by atomic mass is 19.1. The largest absolute Gasteiger partial charge is 0.310 e. The highest BCUT2D eigenvalue weighted by Gasteiger charge is 2.33. The number of para-hydroxylation sites is 1. The maximum Gasteiger partial charge on any atom is 0.226 e. The van der Waals surface area contributed by atoms with Gasteiger partial charge < -0.3 is 5.32 Å². The lowest BCUT2D eigenvalue weighted by Crippen LogP contribution is -2.25. The van der Waals surface area contributed by atoms with Crippen molar-refractivity contribution in [2.45, 2.75) is 12.3 Å². The molecule has 0 radical (unpaired) electrons. The van der Waals surface area contributed by atoms with Crippen molar-refractivity contribution in [2.24, 2.45) is 0 Å². The second-order valence-corrected chi connectivity index (χ2v) is 5.77. The number of nitrogens with zero attached hydrogens (tertiary/aromatic N) is 2. The summed E-state index contributed by atoms with van der Waals surface area (Å²) in [5.41, 5.74) is 0.807. The van der Waals surface area contributed by atoms with Gasteiger partial charge >= 0.3 is 0 Å². The number of carbonyl (C=O) groups excluding carboxylic acids is 1. The zero-order valence-corrected chi connectivity index (χ0v) is 12.8. The van der Waals surface area contributed by atoms with Gasteiger partial charge in [0.2, 0.25) is 5.91 Å². The van der Waals surface area contributed by atoms with Crippen molar-refractivity contribution in [3.8, 4) is 5.69 Å². The molecular formula is C18H12F3N3O. The lowest BCUT2D eigenvalue weighted by molar-refractivity contribution is -0.116. The average molecular weight is 343 g/mol. The summed E-state index contributed by atoms with van der Waals surface area (Å²) in [5.74, 6) is -2.65. The maximum absolute atomic E-state index is 14.2. The van der Waals surface area contributed by atoms with Crippen LogP contribution in [0.25, 0.3) is 5.69 Å². The normalized spacial score (nSPS) is 16.4. The molecule has 25 heavy (non-hydrogen) atoms. The molecule has 1 aliphatic rings. The van der Waals surface area contributed by atoms with Gasteiger partial charge in [-0.3, -0.25) is 9.36 Å². The first-order valence-corrected chi connectivity index (χ1v) is 7.61. The number of benzene rings is 2. The molecule has 0 saturated heterocycles. The van der Waals surface area contributed by atoms with Crippen LogP contribution in [0.3, 0.4) is 0 Å². The number of nitrogens with one attached hydrogen (secondary N) is 1. The quantitative estimate of drug-likeness (QED) is 0.770. The first kappa shape index (κ1) is 15.4. The average Bonchev–Trinajstić information content (AvgIpc) is 2.98. The van der Waals surface area contributed by atoms with E-state index >= 15 is 0 Å². The zero-order valence-electron chi connectivity index (χ0n) is 12.8. The van der Waals surface area contributed by atoms with E-state index in [1.54, 1.807) is 18.2 Å². The molecule has 3 aromatic rings. The topological polar surface area (TPSA) is 46.9 Å². The van der Waals surface area contributed by atoms with Crippen molar-refractivity contribution in [1.82, 2.24) is 9.55 Å². The highest BCUT2D eigenvalue weighted by Crippen LogP contribution is 2.38. The molecule has 0 saturated carbocycles. The molecule has 1 amide bonds. The Labute approximate surface area is 140 Å². The van der Waals surface area contributed by atoms with Crippen LogP contribution in [0.1, 0.15) is 23.6 Å². The first-order chi connectivity index (χ1) is 12.0. The molecule has 0 bridgehead atoms. The molecule has 2 aromatic carbocycles. The van der Waals surface area contributed by atoms with Gasteiger partial charge in [-0.25, -0.2) is 18.2 Å². The number of fused-ring (bicyclic) bond motifs is 1. The SMILES string of the molecule is O=C1C[C@@H](c2ccc(F)cc2F)c2ncn(-c3ccccc3F)c2N1. The van der Waals surface area contributed by atoms with Crippen LogP contribution in [-0.4, -0.2) is 15.5 Å². The third kappa shape index (κ3) is 2.57. The van der Waals surface area contributed by atoms with E-state index in [1.807, 2.05) is 0 Å². The summed E-state index contributed by atoms with van der Waals surface area (Å²) in [6.45, 7) is 0. The molecule has 1 N–H and O–H groups in total. The lowest BCUT2D eigenvalue weighted by Gasteiger charge is -2.23. The van der Waals surface area contributed by atoms with Gasteiger partial charge in [-0.1, -0.05) is 18.2 Å². The van der Waals surface area contributed by atoms with E-state index in [4.69, 9.17) is 0 Å². The Hall–Kier alpha value is -3.09. The van der Waals surface area contributed by atoms with E-state index in [0.717, 1.165) is 12.1 Å². The maximum atomic E-state index is 14.2. The number of hydrogen-bond donors (Lipinski definition) is 1. The second kappa shape index (κ2) is 5.77. The lowest BCUT2D eigenvalue weighted by atomic mass is 9.89. The van der Waals surface area contributed by atoms with Crippen molar-refractivity contribution in [1.29, 1.82) is 0 Å². The van der Waals surface area contributed by atoms with Crippen LogP contribution in [0.2, 0.25) is 0 Å². The minimum Gasteiger partial charge on any atom is -0.310 e. The van der Waals surface area contributed by atoms with Gasteiger partial charge in [0, 0.05) is 18.4 Å². The number of carbonyl (C=O) groups is 1. The van der Waals surface area contributed by atoms with E-state index < -0.39 is 23.4 Å². The van der Waals surface area contributed by atoms with Crippen molar-refractivity contribution in [2.75, 3.05) is 5.32 Å². The molecule has 4 nitrogen and oxygen atoms in total. The molecule has 126 valence electrons. The summed E-state index contributed by atoms with van der Waals surface area (Å²) in [7, 11) is 0. The monoisotopic (exact) mass is 343 g/mol. The van der Waals surface area contributed by atoms with Crippen molar-refractivity contribution < 1.29 is 18.0 Å². The summed E-state index contributed by atoms with van der Waals surface area (Å²) in [5, 5.41) is 2.66. The molecule has 0 spiro atoms. The van der Waals surface area contributed by atoms with Crippen LogP contribution in [0.4, 0.5) is 19.0 Å². The Morgan fingerprint density at radius 1 is 1.08 bits per heavy atom. The number of amides is 1. The summed E-state index contributed by atoms with van der Waals surface area (Å²) in [6, 6.07) is 9.27. The molecular weight excluding hydrogens is 331 g/mol. The van der Waals surface area contributed by atoms with Gasteiger partial charge in [-0.15, -0.1) is 0 Å². The number of aromatic nitrogens is 2. The van der Waals surface area contributed by atoms with Crippen LogP contribution in [0.5, 0.6) is 0 Å². The van der Waals surface area contributed by atoms with Gasteiger partial charge in [-0.2, -0.15) is 0 Å². The molecule has 7 heteroatoms. The van der Waals surface area contributed by atoms with Crippen LogP contribution >= 0.6 is 0 Å². The summed E-state index contributed by atoms with van der Waals surface area (Å²) in [4.78, 5) is 16.4. The third-order valence-electron chi connectivity index (χ3n) is 4.22. The van der Waals surface area contributed by atoms with Gasteiger partial charge in [0.15, 0.2) is 0 Å². The summed E-state index contributed by atoms with van der Waals surface area (Å²) in [6.07, 6.45) is 1.35. The number of rotatable bonds is 2. The van der Waals surface area contributed by atoms with Gasteiger partial charge in [0.1, 0.15) is 29.6 Å². The molecule has 0 fully saturated rings. The van der Waals surface area contributed by atoms with Crippen molar-refractivity contribution >= 4 is 11.7 Å². The zero-order chi connectivity index (χ0) is 17.6. The summed E-state index contributed by atoms with van der Waals surface area (Å²) >= 11 is 0. The molecule has 1 aromatic heterocycles. The summed E-state index contributed by atoms with van der Waals surface area (Å²) < 4.78 is 42.9. The fourth-order valence-electron chi connectivity index (χ4n) is 3.08. The van der Waals surface area contributed by atoms with Crippen LogP contribution < -0.4 is 5.32 Å². The predicted molar refractivity (Wildman–Crippen MR) is 85.0 cm³/mol. The standard InChI is InChI=1S/C18H12F3N3O/c19-10-5-6-11(14(21)7-10)12-8-16(25)23-18-17(12)22-9-24(18)15-4-2-1-3-13(15)20/h1-7,9,12H,8H2,(H,23,25)/t12-/m0/s1. The highest BCUT2D eigenvalue weighted by molar-refractivity contribution is 5.94. The van der Waals surface area contributed by atoms with Crippen LogP contribution in [-0.2, 0) is 4.79 Å². The molecule has 2 heterocycles. The number of halogens is 3. The number of imidazole rings is 1. The van der Waals surface area contributed by atoms with Gasteiger partial charge in [0.05, 0.1) is 11.4 Å². The minimum atomic E-state index is -0.744. The number of hydrogen-bond acceptors (Lipinski definition) is 2. The van der Waals surface area contributed by atoms with E-state index in [0.29, 0.717) is 5.69 Å². The smallest absolute Gasteiger partial charge is 0.226 e. The van der Waals surface area contributed by atoms with Crippen LogP contribution in [0, 0.1) is 17.5 Å². The van der Waals surface area contributed by atoms with Crippen molar-refractivity contribution in [3.63, 3.8) is 0 Å². The number of anilines is 1. The molecule has 1 atom stereocenters. The Balaban J connectivity index is 1.86. The van der Waals surface area contributed by atoms with Crippen LogP contribution in [0.15, 0.2) is 48.8 Å². The molecule has 0 aliphatic carbocycles. The molecule has 4 rings (SSSR count). The van der Waals surface area contributed by atoms with E-state index in [9.17, 15) is 18.0 Å². The minimum absolute atomic E-state index is 0.0240. The van der Waals surface area contributed by atoms with Crippen molar-refractivity contribution in [3.05, 3.63) is 77.5 Å². The Kier molecular flexibility index (Phi) is 3.56. The fourth-order valence-corrected chi connectivity index (χ4v) is 3.08. The predicted octanol–water partition coefficient (Wildman–Crippen LogP) is 3.76. The molecule has 1 aliphatic heterocycles. The van der Waals surface area contributed by atoms with Gasteiger partial charge in [-0.05, 0) is 23.8 Å². The molecule has 0 unspecified atom stereocenters.